The molecule has 0 bridgehead atoms. The van der Waals surface area contributed by atoms with Crippen molar-refractivity contribution in [2.75, 3.05) is 9.62 Å². The maximum Gasteiger partial charge on any atom is 0.264 e. The summed E-state index contributed by atoms with van der Waals surface area (Å²) < 4.78 is 28.9. The molecule has 1 aromatic heterocycles. The predicted molar refractivity (Wildman–Crippen MR) is 135 cm³/mol. The van der Waals surface area contributed by atoms with E-state index in [0.29, 0.717) is 10.7 Å². The summed E-state index contributed by atoms with van der Waals surface area (Å²) >= 11 is 6.02. The van der Waals surface area contributed by atoms with Crippen LogP contribution in [0.4, 0.5) is 11.4 Å². The maximum atomic E-state index is 13.8. The number of hydrogen-bond acceptors (Lipinski definition) is 4. The molecule has 1 amide bonds. The molecule has 6 nitrogen and oxygen atoms in total. The van der Waals surface area contributed by atoms with Gasteiger partial charge in [-0.15, -0.1) is 0 Å². The smallest absolute Gasteiger partial charge is 0.264 e. The van der Waals surface area contributed by atoms with Crippen molar-refractivity contribution in [3.63, 3.8) is 0 Å². The number of amides is 1. The van der Waals surface area contributed by atoms with Gasteiger partial charge in [0.2, 0.25) is 0 Å². The second-order valence-corrected chi connectivity index (χ2v) is 9.96. The minimum Gasteiger partial charge on any atom is -0.321 e. The monoisotopic (exact) mass is 491 g/mol. The summed E-state index contributed by atoms with van der Waals surface area (Å²) in [5, 5.41) is 3.33. The Morgan fingerprint density at radius 2 is 1.65 bits per heavy atom. The van der Waals surface area contributed by atoms with Crippen LogP contribution in [0.15, 0.2) is 102 Å². The van der Waals surface area contributed by atoms with Gasteiger partial charge in [-0.25, -0.2) is 8.42 Å². The molecule has 0 radical (unpaired) electrons. The summed E-state index contributed by atoms with van der Waals surface area (Å²) in [5.41, 5.74) is 2.66. The summed E-state index contributed by atoms with van der Waals surface area (Å²) in [6, 6.07) is 23.6. The molecular formula is C26H22ClN3O3S. The van der Waals surface area contributed by atoms with Crippen molar-refractivity contribution in [3.05, 3.63) is 119 Å². The van der Waals surface area contributed by atoms with Crippen LogP contribution in [0, 0.1) is 6.92 Å². The van der Waals surface area contributed by atoms with E-state index in [4.69, 9.17) is 11.6 Å². The Hall–Kier alpha value is -3.68. The topological polar surface area (TPSA) is 79.4 Å². The van der Waals surface area contributed by atoms with Crippen LogP contribution in [-0.4, -0.2) is 19.3 Å². The average molecular weight is 492 g/mol. The van der Waals surface area contributed by atoms with Gasteiger partial charge < -0.3 is 5.32 Å². The van der Waals surface area contributed by atoms with Crippen molar-refractivity contribution in [1.82, 2.24) is 4.98 Å². The normalized spacial score (nSPS) is 11.1. The number of nitrogens with one attached hydrogen (secondary N) is 1. The highest BCUT2D eigenvalue weighted by molar-refractivity contribution is 7.92. The number of pyridine rings is 1. The molecule has 8 heteroatoms. The van der Waals surface area contributed by atoms with Crippen molar-refractivity contribution in [2.24, 2.45) is 0 Å². The van der Waals surface area contributed by atoms with Crippen LogP contribution in [0.3, 0.4) is 0 Å². The molecule has 172 valence electrons. The third kappa shape index (κ3) is 5.27. The Kier molecular flexibility index (Phi) is 6.95. The molecule has 0 aliphatic rings. The van der Waals surface area contributed by atoms with Crippen LogP contribution in [0.1, 0.15) is 21.5 Å². The van der Waals surface area contributed by atoms with Gasteiger partial charge in [-0.1, -0.05) is 53.6 Å². The Labute approximate surface area is 203 Å². The van der Waals surface area contributed by atoms with Gasteiger partial charge in [-0.2, -0.15) is 0 Å². The first-order valence-electron chi connectivity index (χ1n) is 10.5. The fourth-order valence-electron chi connectivity index (χ4n) is 3.41. The van der Waals surface area contributed by atoms with Gasteiger partial charge in [-0.05, 0) is 61.0 Å². The van der Waals surface area contributed by atoms with E-state index in [1.807, 2.05) is 6.92 Å². The van der Waals surface area contributed by atoms with E-state index >= 15 is 0 Å². The molecule has 4 rings (SSSR count). The van der Waals surface area contributed by atoms with Gasteiger partial charge in [-0.3, -0.25) is 14.1 Å². The molecule has 0 atom stereocenters. The van der Waals surface area contributed by atoms with E-state index in [2.05, 4.69) is 10.3 Å². The van der Waals surface area contributed by atoms with Crippen molar-refractivity contribution < 1.29 is 13.2 Å². The zero-order chi connectivity index (χ0) is 24.1. The van der Waals surface area contributed by atoms with Gasteiger partial charge in [0.1, 0.15) is 0 Å². The molecule has 0 saturated heterocycles. The first-order valence-corrected chi connectivity index (χ1v) is 12.3. The van der Waals surface area contributed by atoms with Crippen LogP contribution < -0.4 is 9.62 Å². The highest BCUT2D eigenvalue weighted by Gasteiger charge is 2.28. The zero-order valence-electron chi connectivity index (χ0n) is 18.4. The van der Waals surface area contributed by atoms with E-state index in [-0.39, 0.29) is 22.7 Å². The third-order valence-electron chi connectivity index (χ3n) is 5.19. The lowest BCUT2D eigenvalue weighted by molar-refractivity contribution is 0.102. The lowest BCUT2D eigenvalue weighted by Crippen LogP contribution is -2.32. The molecule has 34 heavy (non-hydrogen) atoms. The Bertz CT molecular complexity index is 1390. The summed E-state index contributed by atoms with van der Waals surface area (Å²) in [6.45, 7) is 1.91. The molecule has 0 aliphatic carbocycles. The van der Waals surface area contributed by atoms with Crippen molar-refractivity contribution in [2.45, 2.75) is 18.4 Å². The number of halogens is 1. The van der Waals surface area contributed by atoms with Crippen LogP contribution in [0.5, 0.6) is 0 Å². The van der Waals surface area contributed by atoms with E-state index in [1.165, 1.54) is 10.5 Å². The Balaban J connectivity index is 1.80. The molecule has 1 N–H and O–H groups in total. The number of aryl methyl sites for hydroxylation is 1. The maximum absolute atomic E-state index is 13.8. The minimum atomic E-state index is -4.00. The number of hydrogen-bond donors (Lipinski definition) is 1. The lowest BCUT2D eigenvalue weighted by atomic mass is 10.1. The number of aromatic nitrogens is 1. The van der Waals surface area contributed by atoms with Gasteiger partial charge >= 0.3 is 0 Å². The fourth-order valence-corrected chi connectivity index (χ4v) is 5.01. The van der Waals surface area contributed by atoms with Crippen LogP contribution >= 0.6 is 11.6 Å². The van der Waals surface area contributed by atoms with Crippen molar-refractivity contribution >= 4 is 38.9 Å². The molecule has 1 heterocycles. The molecule has 0 aliphatic heterocycles. The summed E-state index contributed by atoms with van der Waals surface area (Å²) in [5.74, 6) is -0.441. The number of carbonyl (C=O) groups is 1. The van der Waals surface area contributed by atoms with Gasteiger partial charge in [0.05, 0.1) is 34.6 Å². The number of rotatable bonds is 7. The van der Waals surface area contributed by atoms with Crippen LogP contribution in [0.25, 0.3) is 0 Å². The highest BCUT2D eigenvalue weighted by atomic mass is 35.5. The molecule has 0 spiro atoms. The fraction of sp³-hybridized carbons (Fsp3) is 0.0769. The van der Waals surface area contributed by atoms with Gasteiger partial charge in [0.25, 0.3) is 15.9 Å². The lowest BCUT2D eigenvalue weighted by Gasteiger charge is -2.26. The first-order chi connectivity index (χ1) is 16.3. The minimum absolute atomic E-state index is 0.0184. The molecule has 0 unspecified atom stereocenters. The summed E-state index contributed by atoms with van der Waals surface area (Å²) in [4.78, 5) is 17.3. The van der Waals surface area contributed by atoms with Crippen molar-refractivity contribution in [3.8, 4) is 0 Å². The van der Waals surface area contributed by atoms with Gasteiger partial charge in [0.15, 0.2) is 0 Å². The summed E-state index contributed by atoms with van der Waals surface area (Å²) in [7, 11) is -4.00. The quantitative estimate of drug-likeness (QED) is 0.360. The predicted octanol–water partition coefficient (Wildman–Crippen LogP) is 5.69. The number of sulfonamides is 1. The van der Waals surface area contributed by atoms with E-state index in [0.717, 1.165) is 11.1 Å². The zero-order valence-corrected chi connectivity index (χ0v) is 19.9. The second kappa shape index (κ2) is 10.1. The number of benzene rings is 3. The average Bonchev–Trinajstić information content (AvgIpc) is 2.84. The third-order valence-corrected chi connectivity index (χ3v) is 7.21. The molecule has 3 aromatic carbocycles. The Morgan fingerprint density at radius 1 is 0.941 bits per heavy atom. The Morgan fingerprint density at radius 3 is 2.32 bits per heavy atom. The molecule has 0 fully saturated rings. The largest absolute Gasteiger partial charge is 0.321 e. The van der Waals surface area contributed by atoms with E-state index in [9.17, 15) is 13.2 Å². The number of carbonyl (C=O) groups excluding carboxylic acids is 1. The van der Waals surface area contributed by atoms with E-state index < -0.39 is 15.9 Å². The SMILES string of the molecule is Cc1ccc(S(=O)(=O)N(Cc2ccc(Cl)cc2)c2ccccc2C(=O)Nc2cccnc2)cc1. The second-order valence-electron chi connectivity index (χ2n) is 7.66. The first kappa shape index (κ1) is 23.5. The van der Waals surface area contributed by atoms with Crippen LogP contribution in [-0.2, 0) is 16.6 Å². The number of para-hydroxylation sites is 1. The highest BCUT2D eigenvalue weighted by Crippen LogP contribution is 2.30. The molecule has 0 saturated carbocycles. The van der Waals surface area contributed by atoms with Crippen LogP contribution in [0.2, 0.25) is 5.02 Å². The molecular weight excluding hydrogens is 470 g/mol. The number of anilines is 2. The summed E-state index contributed by atoms with van der Waals surface area (Å²) in [6.07, 6.45) is 3.13. The van der Waals surface area contributed by atoms with E-state index in [1.54, 1.807) is 91.1 Å². The molecule has 4 aromatic rings. The number of nitrogens with zero attached hydrogens (tertiary/aromatic N) is 2. The van der Waals surface area contributed by atoms with Gasteiger partial charge in [0, 0.05) is 11.2 Å². The standard InChI is InChI=1S/C26H22ClN3O3S/c1-19-8-14-23(15-9-19)34(32,33)30(18-20-10-12-21(27)13-11-20)25-7-3-2-6-24(25)26(31)29-22-5-4-16-28-17-22/h2-17H,18H2,1H3,(H,29,31). The van der Waals surface area contributed by atoms with Crippen molar-refractivity contribution in [1.29, 1.82) is 0 Å².